The largest absolute Gasteiger partial charge is 0.454 e. The minimum Gasteiger partial charge on any atom is -0.454 e. The number of hydrogen-bond acceptors (Lipinski definition) is 7. The van der Waals surface area contributed by atoms with E-state index in [-0.39, 0.29) is 25.2 Å². The first-order valence-corrected chi connectivity index (χ1v) is 7.72. The van der Waals surface area contributed by atoms with Crippen LogP contribution in [-0.2, 0) is 11.3 Å². The van der Waals surface area contributed by atoms with Gasteiger partial charge in [0.1, 0.15) is 0 Å². The van der Waals surface area contributed by atoms with Crippen molar-refractivity contribution < 1.29 is 23.4 Å². The summed E-state index contributed by atoms with van der Waals surface area (Å²) in [5.41, 5.74) is 0.958. The molecule has 0 aliphatic carbocycles. The molecule has 8 heteroatoms. The standard InChI is InChI=1S/C17H11ClN2O5/c18-12-4-2-1-3-11(12)16-20-19-15(25-16)8-22-17(21)10-5-6-13-14(7-10)24-9-23-13/h1-7H,8-9H2. The summed E-state index contributed by atoms with van der Waals surface area (Å²) in [6.07, 6.45) is 0. The molecule has 3 aromatic rings. The molecule has 0 radical (unpaired) electrons. The predicted molar refractivity (Wildman–Crippen MR) is 86.4 cm³/mol. The number of fused-ring (bicyclic) bond motifs is 1. The van der Waals surface area contributed by atoms with Gasteiger partial charge >= 0.3 is 5.97 Å². The van der Waals surface area contributed by atoms with Crippen molar-refractivity contribution in [1.29, 1.82) is 0 Å². The van der Waals surface area contributed by atoms with E-state index in [2.05, 4.69) is 10.2 Å². The van der Waals surface area contributed by atoms with Gasteiger partial charge in [0.2, 0.25) is 12.7 Å². The smallest absolute Gasteiger partial charge is 0.338 e. The van der Waals surface area contributed by atoms with Crippen LogP contribution in [0.1, 0.15) is 16.2 Å². The molecule has 126 valence electrons. The summed E-state index contributed by atoms with van der Waals surface area (Å²) in [4.78, 5) is 12.1. The molecule has 0 amide bonds. The highest BCUT2D eigenvalue weighted by Gasteiger charge is 2.18. The van der Waals surface area contributed by atoms with Gasteiger partial charge < -0.3 is 18.6 Å². The zero-order valence-electron chi connectivity index (χ0n) is 12.8. The van der Waals surface area contributed by atoms with Crippen molar-refractivity contribution in [2.75, 3.05) is 6.79 Å². The number of nitrogens with zero attached hydrogens (tertiary/aromatic N) is 2. The Morgan fingerprint density at radius 1 is 1.12 bits per heavy atom. The van der Waals surface area contributed by atoms with Gasteiger partial charge in [-0.15, -0.1) is 10.2 Å². The fraction of sp³-hybridized carbons (Fsp3) is 0.118. The van der Waals surface area contributed by atoms with Crippen LogP contribution in [0.2, 0.25) is 5.02 Å². The third-order valence-corrected chi connectivity index (χ3v) is 3.84. The van der Waals surface area contributed by atoms with Crippen LogP contribution in [0.15, 0.2) is 46.9 Å². The van der Waals surface area contributed by atoms with Crippen molar-refractivity contribution in [1.82, 2.24) is 10.2 Å². The molecular formula is C17H11ClN2O5. The van der Waals surface area contributed by atoms with E-state index >= 15 is 0 Å². The van der Waals surface area contributed by atoms with Crippen molar-refractivity contribution in [2.45, 2.75) is 6.61 Å². The second-order valence-electron chi connectivity index (χ2n) is 5.12. The zero-order valence-corrected chi connectivity index (χ0v) is 13.5. The lowest BCUT2D eigenvalue weighted by atomic mass is 10.2. The Labute approximate surface area is 147 Å². The molecule has 1 aromatic heterocycles. The predicted octanol–water partition coefficient (Wildman–Crippen LogP) is 3.48. The molecule has 1 aliphatic rings. The number of benzene rings is 2. The highest BCUT2D eigenvalue weighted by atomic mass is 35.5. The van der Waals surface area contributed by atoms with Crippen LogP contribution < -0.4 is 9.47 Å². The van der Waals surface area contributed by atoms with Crippen LogP contribution in [0.5, 0.6) is 11.5 Å². The molecule has 25 heavy (non-hydrogen) atoms. The van der Waals surface area contributed by atoms with Gasteiger partial charge in [-0.25, -0.2) is 4.79 Å². The second-order valence-corrected chi connectivity index (χ2v) is 5.53. The van der Waals surface area contributed by atoms with Crippen LogP contribution in [0, 0.1) is 0 Å². The molecule has 2 heterocycles. The summed E-state index contributed by atoms with van der Waals surface area (Å²) in [7, 11) is 0. The second kappa shape index (κ2) is 6.45. The third kappa shape index (κ3) is 3.14. The molecule has 2 aromatic carbocycles. The number of esters is 1. The lowest BCUT2D eigenvalue weighted by Crippen LogP contribution is -2.05. The van der Waals surface area contributed by atoms with Crippen LogP contribution in [0.25, 0.3) is 11.5 Å². The third-order valence-electron chi connectivity index (χ3n) is 3.51. The van der Waals surface area contributed by atoms with E-state index in [0.717, 1.165) is 0 Å². The van der Waals surface area contributed by atoms with E-state index in [1.54, 1.807) is 36.4 Å². The normalized spacial score (nSPS) is 12.2. The van der Waals surface area contributed by atoms with Crippen molar-refractivity contribution in [3.8, 4) is 23.0 Å². The Morgan fingerprint density at radius 3 is 2.84 bits per heavy atom. The first-order chi connectivity index (χ1) is 12.2. The van der Waals surface area contributed by atoms with E-state index < -0.39 is 5.97 Å². The molecule has 0 spiro atoms. The molecule has 0 N–H and O–H groups in total. The van der Waals surface area contributed by atoms with Crippen LogP contribution >= 0.6 is 11.6 Å². The molecular weight excluding hydrogens is 348 g/mol. The molecule has 1 aliphatic heterocycles. The maximum Gasteiger partial charge on any atom is 0.338 e. The van der Waals surface area contributed by atoms with E-state index in [1.165, 1.54) is 0 Å². The topological polar surface area (TPSA) is 83.7 Å². The molecule has 0 saturated heterocycles. The number of hydrogen-bond donors (Lipinski definition) is 0. The number of aromatic nitrogens is 2. The van der Waals surface area contributed by atoms with Gasteiger partial charge in [-0.3, -0.25) is 0 Å². The summed E-state index contributed by atoms with van der Waals surface area (Å²) in [5, 5.41) is 8.27. The number of carbonyl (C=O) groups is 1. The minimum atomic E-state index is -0.532. The number of carbonyl (C=O) groups excluding carboxylic acids is 1. The Bertz CT molecular complexity index is 940. The van der Waals surface area contributed by atoms with Gasteiger partial charge in [-0.2, -0.15) is 0 Å². The quantitative estimate of drug-likeness (QED) is 0.660. The SMILES string of the molecule is O=C(OCc1nnc(-c2ccccc2Cl)o1)c1ccc2c(c1)OCO2. The van der Waals surface area contributed by atoms with Gasteiger partial charge in [-0.05, 0) is 30.3 Å². The number of rotatable bonds is 4. The van der Waals surface area contributed by atoms with Crippen molar-refractivity contribution in [3.63, 3.8) is 0 Å². The fourth-order valence-electron chi connectivity index (χ4n) is 2.29. The molecule has 7 nitrogen and oxygen atoms in total. The maximum atomic E-state index is 12.1. The summed E-state index contributed by atoms with van der Waals surface area (Å²) in [6.45, 7) is -0.00856. The summed E-state index contributed by atoms with van der Waals surface area (Å²) < 4.78 is 21.1. The van der Waals surface area contributed by atoms with Gasteiger partial charge in [-0.1, -0.05) is 23.7 Å². The van der Waals surface area contributed by atoms with Crippen molar-refractivity contribution in [3.05, 3.63) is 58.9 Å². The Balaban J connectivity index is 1.43. The van der Waals surface area contributed by atoms with Crippen LogP contribution in [0.4, 0.5) is 0 Å². The van der Waals surface area contributed by atoms with Crippen molar-refractivity contribution >= 4 is 17.6 Å². The van der Waals surface area contributed by atoms with E-state index in [0.29, 0.717) is 27.6 Å². The van der Waals surface area contributed by atoms with E-state index in [9.17, 15) is 4.79 Å². The monoisotopic (exact) mass is 358 g/mol. The molecule has 4 rings (SSSR count). The van der Waals surface area contributed by atoms with E-state index in [1.807, 2.05) is 6.07 Å². The highest BCUT2D eigenvalue weighted by molar-refractivity contribution is 6.33. The van der Waals surface area contributed by atoms with Gasteiger partial charge in [0.05, 0.1) is 16.1 Å². The molecule has 0 bridgehead atoms. The lowest BCUT2D eigenvalue weighted by molar-refractivity contribution is 0.0438. The summed E-state index contributed by atoms with van der Waals surface area (Å²) in [6, 6.07) is 11.9. The maximum absolute atomic E-state index is 12.1. The van der Waals surface area contributed by atoms with Crippen LogP contribution in [0.3, 0.4) is 0 Å². The molecule has 0 fully saturated rings. The molecule has 0 saturated carbocycles. The Hall–Kier alpha value is -3.06. The zero-order chi connectivity index (χ0) is 17.2. The highest BCUT2D eigenvalue weighted by Crippen LogP contribution is 2.32. The fourth-order valence-corrected chi connectivity index (χ4v) is 2.51. The number of ether oxygens (including phenoxy) is 3. The van der Waals surface area contributed by atoms with Gasteiger partial charge in [0.15, 0.2) is 18.1 Å². The average molecular weight is 359 g/mol. The average Bonchev–Trinajstić information content (AvgIpc) is 3.28. The number of halogens is 1. The first kappa shape index (κ1) is 15.5. The molecule has 0 atom stereocenters. The Morgan fingerprint density at radius 2 is 1.96 bits per heavy atom. The van der Waals surface area contributed by atoms with E-state index in [4.69, 9.17) is 30.2 Å². The van der Waals surface area contributed by atoms with Gasteiger partial charge in [0.25, 0.3) is 5.89 Å². The summed E-state index contributed by atoms with van der Waals surface area (Å²) in [5.74, 6) is 1.01. The summed E-state index contributed by atoms with van der Waals surface area (Å²) >= 11 is 6.09. The minimum absolute atomic E-state index is 0.140. The molecule has 0 unspecified atom stereocenters. The Kier molecular flexibility index (Phi) is 3.99. The van der Waals surface area contributed by atoms with Crippen LogP contribution in [-0.4, -0.2) is 23.0 Å². The first-order valence-electron chi connectivity index (χ1n) is 7.35. The van der Waals surface area contributed by atoms with Gasteiger partial charge in [0, 0.05) is 0 Å². The lowest BCUT2D eigenvalue weighted by Gasteiger charge is -2.03. The van der Waals surface area contributed by atoms with Crippen molar-refractivity contribution in [2.24, 2.45) is 0 Å².